The molecule has 0 atom stereocenters. The van der Waals surface area contributed by atoms with Gasteiger partial charge in [0.05, 0.1) is 10.7 Å². The van der Waals surface area contributed by atoms with E-state index in [1.54, 1.807) is 0 Å². The second-order valence-electron chi connectivity index (χ2n) is 5.07. The highest BCUT2D eigenvalue weighted by Crippen LogP contribution is 2.41. The smallest absolute Gasteiger partial charge is 0.149 e. The third-order valence-corrected chi connectivity index (χ3v) is 3.80. The number of allylic oxidation sites excluding steroid dienone is 1. The molecule has 0 N–H and O–H groups in total. The van der Waals surface area contributed by atoms with E-state index in [-0.39, 0.29) is 16.3 Å². The van der Waals surface area contributed by atoms with Crippen LogP contribution in [-0.2, 0) is 0 Å². The zero-order valence-corrected chi connectivity index (χ0v) is 11.7. The van der Waals surface area contributed by atoms with Crippen LogP contribution in [0.4, 0.5) is 13.2 Å². The molecule has 1 aromatic heterocycles. The summed E-state index contributed by atoms with van der Waals surface area (Å²) < 4.78 is 41.0. The fourth-order valence-corrected chi connectivity index (χ4v) is 2.32. The van der Waals surface area contributed by atoms with Gasteiger partial charge in [-0.1, -0.05) is 18.2 Å². The fraction of sp³-hybridized carbons (Fsp3) is 0.188. The molecule has 0 spiro atoms. The van der Waals surface area contributed by atoms with E-state index in [0.717, 1.165) is 24.5 Å². The van der Waals surface area contributed by atoms with Crippen LogP contribution >= 0.6 is 11.6 Å². The molecular formula is C16H11ClF3N. The zero-order valence-electron chi connectivity index (χ0n) is 11.0. The lowest BCUT2D eigenvalue weighted by Crippen LogP contribution is -1.98. The molecule has 1 fully saturated rings. The Balaban J connectivity index is 2.11. The lowest BCUT2D eigenvalue weighted by atomic mass is 10.1. The Kier molecular flexibility index (Phi) is 3.49. The van der Waals surface area contributed by atoms with Gasteiger partial charge >= 0.3 is 0 Å². The monoisotopic (exact) mass is 309 g/mol. The van der Waals surface area contributed by atoms with Gasteiger partial charge in [-0.05, 0) is 42.5 Å². The number of aromatic nitrogens is 1. The average Bonchev–Trinajstić information content (AvgIpc) is 3.27. The highest BCUT2D eigenvalue weighted by molar-refractivity contribution is 6.31. The van der Waals surface area contributed by atoms with Crippen LogP contribution < -0.4 is 0 Å². The molecule has 1 aromatic carbocycles. The van der Waals surface area contributed by atoms with Gasteiger partial charge < -0.3 is 0 Å². The largest absolute Gasteiger partial charge is 0.245 e. The summed E-state index contributed by atoms with van der Waals surface area (Å²) >= 11 is 5.64. The van der Waals surface area contributed by atoms with Crippen LogP contribution in [0.2, 0.25) is 5.02 Å². The number of pyridine rings is 1. The summed E-state index contributed by atoms with van der Waals surface area (Å²) in [6.07, 6.45) is 2.06. The molecule has 0 amide bonds. The second kappa shape index (κ2) is 5.19. The van der Waals surface area contributed by atoms with Gasteiger partial charge in [-0.3, -0.25) is 0 Å². The van der Waals surface area contributed by atoms with E-state index in [0.29, 0.717) is 17.7 Å². The van der Waals surface area contributed by atoms with Crippen LogP contribution in [0.5, 0.6) is 0 Å². The number of hydrogen-bond donors (Lipinski definition) is 0. The van der Waals surface area contributed by atoms with Crippen molar-refractivity contribution in [2.75, 3.05) is 0 Å². The van der Waals surface area contributed by atoms with Gasteiger partial charge in [-0.15, -0.1) is 0 Å². The molecule has 1 aliphatic carbocycles. The molecule has 108 valence electrons. The van der Waals surface area contributed by atoms with Crippen molar-refractivity contribution in [3.8, 4) is 11.3 Å². The molecule has 0 bridgehead atoms. The topological polar surface area (TPSA) is 12.9 Å². The molecule has 21 heavy (non-hydrogen) atoms. The quantitative estimate of drug-likeness (QED) is 0.706. The minimum absolute atomic E-state index is 0.163. The van der Waals surface area contributed by atoms with Gasteiger partial charge in [0, 0.05) is 11.6 Å². The van der Waals surface area contributed by atoms with Crippen LogP contribution in [0, 0.1) is 23.4 Å². The summed E-state index contributed by atoms with van der Waals surface area (Å²) in [5, 5.41) is -0.279. The van der Waals surface area contributed by atoms with Crippen LogP contribution in [-0.4, -0.2) is 4.98 Å². The minimum Gasteiger partial charge on any atom is -0.245 e. The molecule has 0 aliphatic heterocycles. The van der Waals surface area contributed by atoms with Crippen molar-refractivity contribution >= 4 is 17.2 Å². The van der Waals surface area contributed by atoms with Crippen LogP contribution in [0.3, 0.4) is 0 Å². The maximum absolute atomic E-state index is 14.0. The maximum Gasteiger partial charge on any atom is 0.149 e. The standard InChI is InChI=1S/C16H11ClF3N/c1-8(9-2-3-9)15-5-4-12(18)16(21-15)10-6-11(17)14(20)7-13(10)19/h4-7,9H,1-3H2. The van der Waals surface area contributed by atoms with Gasteiger partial charge in [0.25, 0.3) is 0 Å². The summed E-state index contributed by atoms with van der Waals surface area (Å²) in [4.78, 5) is 4.14. The first-order valence-electron chi connectivity index (χ1n) is 6.48. The predicted octanol–water partition coefficient (Wildman–Crippen LogP) is 5.24. The SMILES string of the molecule is C=C(c1ccc(F)c(-c2cc(Cl)c(F)cc2F)n1)C1CC1. The lowest BCUT2D eigenvalue weighted by Gasteiger charge is -2.09. The second-order valence-corrected chi connectivity index (χ2v) is 5.48. The number of hydrogen-bond acceptors (Lipinski definition) is 1. The molecule has 0 unspecified atom stereocenters. The normalized spacial score (nSPS) is 14.3. The highest BCUT2D eigenvalue weighted by Gasteiger charge is 2.27. The zero-order chi connectivity index (χ0) is 15.1. The third-order valence-electron chi connectivity index (χ3n) is 3.51. The van der Waals surface area contributed by atoms with E-state index >= 15 is 0 Å². The summed E-state index contributed by atoms with van der Waals surface area (Å²) in [6.45, 7) is 3.94. The molecule has 1 nitrogen and oxygen atoms in total. The first-order chi connectivity index (χ1) is 9.97. The summed E-state index contributed by atoms with van der Waals surface area (Å²) in [5.41, 5.74) is 0.983. The van der Waals surface area contributed by atoms with Gasteiger partial charge in [0.1, 0.15) is 23.1 Å². The molecule has 2 aromatic rings. The number of rotatable bonds is 3. The lowest BCUT2D eigenvalue weighted by molar-refractivity contribution is 0.581. The van der Waals surface area contributed by atoms with Crippen LogP contribution in [0.1, 0.15) is 18.5 Å². The Morgan fingerprint density at radius 3 is 2.48 bits per heavy atom. The summed E-state index contributed by atoms with van der Waals surface area (Å²) in [7, 11) is 0. The van der Waals surface area contributed by atoms with Gasteiger partial charge in [-0.2, -0.15) is 0 Å². The van der Waals surface area contributed by atoms with Gasteiger partial charge in [0.2, 0.25) is 0 Å². The van der Waals surface area contributed by atoms with Crippen molar-refractivity contribution in [2.24, 2.45) is 5.92 Å². The Labute approximate surface area is 125 Å². The van der Waals surface area contributed by atoms with Crippen molar-refractivity contribution in [2.45, 2.75) is 12.8 Å². The van der Waals surface area contributed by atoms with E-state index < -0.39 is 17.5 Å². The Morgan fingerprint density at radius 2 is 1.81 bits per heavy atom. The van der Waals surface area contributed by atoms with Crippen molar-refractivity contribution < 1.29 is 13.2 Å². The van der Waals surface area contributed by atoms with Gasteiger partial charge in [0.15, 0.2) is 0 Å². The fourth-order valence-electron chi connectivity index (χ4n) is 2.15. The first-order valence-corrected chi connectivity index (χ1v) is 6.86. The summed E-state index contributed by atoms with van der Waals surface area (Å²) in [5.74, 6) is -2.13. The first kappa shape index (κ1) is 14.1. The molecule has 1 saturated carbocycles. The number of benzene rings is 1. The molecular weight excluding hydrogens is 299 g/mol. The molecule has 0 saturated heterocycles. The number of nitrogens with zero attached hydrogens (tertiary/aromatic N) is 1. The molecule has 0 radical (unpaired) electrons. The van der Waals surface area contributed by atoms with E-state index in [1.807, 2.05) is 0 Å². The Bertz CT molecular complexity index is 739. The minimum atomic E-state index is -0.905. The van der Waals surface area contributed by atoms with E-state index in [2.05, 4.69) is 11.6 Å². The maximum atomic E-state index is 14.0. The predicted molar refractivity (Wildman–Crippen MR) is 76.3 cm³/mol. The Hall–Kier alpha value is -1.81. The average molecular weight is 310 g/mol. The molecule has 5 heteroatoms. The van der Waals surface area contributed by atoms with Gasteiger partial charge in [-0.25, -0.2) is 18.2 Å². The highest BCUT2D eigenvalue weighted by atomic mass is 35.5. The van der Waals surface area contributed by atoms with Crippen LogP contribution in [0.15, 0.2) is 30.8 Å². The third kappa shape index (κ3) is 2.68. The van der Waals surface area contributed by atoms with Crippen molar-refractivity contribution in [3.05, 3.63) is 59.0 Å². The van der Waals surface area contributed by atoms with Crippen molar-refractivity contribution in [3.63, 3.8) is 0 Å². The van der Waals surface area contributed by atoms with Crippen molar-refractivity contribution in [1.82, 2.24) is 4.98 Å². The van der Waals surface area contributed by atoms with E-state index in [1.165, 1.54) is 12.1 Å². The van der Waals surface area contributed by atoms with E-state index in [9.17, 15) is 13.2 Å². The van der Waals surface area contributed by atoms with Crippen molar-refractivity contribution in [1.29, 1.82) is 0 Å². The number of halogens is 4. The Morgan fingerprint density at radius 1 is 1.10 bits per heavy atom. The molecule has 1 heterocycles. The molecule has 1 aliphatic rings. The summed E-state index contributed by atoms with van der Waals surface area (Å²) in [6, 6.07) is 4.40. The molecule has 3 rings (SSSR count). The van der Waals surface area contributed by atoms with Crippen LogP contribution in [0.25, 0.3) is 16.8 Å². The van der Waals surface area contributed by atoms with E-state index in [4.69, 9.17) is 11.6 Å².